The highest BCUT2D eigenvalue weighted by Crippen LogP contribution is 2.41. The molecule has 1 aliphatic carbocycles. The van der Waals surface area contributed by atoms with Crippen LogP contribution in [0.3, 0.4) is 0 Å². The minimum absolute atomic E-state index is 0.0316. The fourth-order valence-electron chi connectivity index (χ4n) is 5.54. The molecule has 1 aromatic carbocycles. The Bertz CT molecular complexity index is 1260. The minimum atomic E-state index is -5.04. The van der Waals surface area contributed by atoms with Crippen molar-refractivity contribution in [2.75, 3.05) is 11.4 Å². The molecule has 0 radical (unpaired) electrons. The van der Waals surface area contributed by atoms with Gasteiger partial charge in [-0.2, -0.15) is 26.3 Å². The Labute approximate surface area is 232 Å². The van der Waals surface area contributed by atoms with Gasteiger partial charge in [-0.25, -0.2) is 9.78 Å². The Hall–Kier alpha value is -3.71. The second-order valence-corrected chi connectivity index (χ2v) is 10.3. The number of anilines is 1. The number of hydrogen-bond acceptors (Lipinski definition) is 6. The zero-order chi connectivity index (χ0) is 30.1. The first kappa shape index (κ1) is 30.3. The fourth-order valence-corrected chi connectivity index (χ4v) is 5.54. The average Bonchev–Trinajstić information content (AvgIpc) is 3.21. The van der Waals surface area contributed by atoms with Crippen molar-refractivity contribution >= 4 is 17.7 Å². The van der Waals surface area contributed by atoms with Crippen molar-refractivity contribution < 1.29 is 41.1 Å². The number of amidine groups is 1. The van der Waals surface area contributed by atoms with Gasteiger partial charge in [-0.15, -0.1) is 0 Å². The molecule has 14 heteroatoms. The standard InChI is InChI=1S/C27H31F6N5O3/c1-3-37(21-7-5-4-6-8-21)24-18(9-17(13-35-24)23(34)36-40)14-38-15(2)22(41-25(38)39)16-10-19(26(28,29)30)12-20(11-16)27(31,32)33/h9-13,15,21-22,40H,3-8,14H2,1-2H3,(H2,34,36). The number of pyridine rings is 1. The van der Waals surface area contributed by atoms with Crippen LogP contribution in [0.4, 0.5) is 37.0 Å². The Morgan fingerprint density at radius 3 is 2.24 bits per heavy atom. The lowest BCUT2D eigenvalue weighted by atomic mass is 9.93. The molecule has 1 saturated carbocycles. The summed E-state index contributed by atoms with van der Waals surface area (Å²) in [4.78, 5) is 20.9. The first-order valence-electron chi connectivity index (χ1n) is 13.2. The van der Waals surface area contributed by atoms with E-state index in [-0.39, 0.29) is 30.1 Å². The van der Waals surface area contributed by atoms with Crippen molar-refractivity contribution in [1.82, 2.24) is 9.88 Å². The lowest BCUT2D eigenvalue weighted by Crippen LogP contribution is -2.39. The van der Waals surface area contributed by atoms with Gasteiger partial charge in [-0.3, -0.25) is 4.90 Å². The van der Waals surface area contributed by atoms with E-state index < -0.39 is 47.3 Å². The van der Waals surface area contributed by atoms with Crippen molar-refractivity contribution in [2.24, 2.45) is 10.9 Å². The topological polar surface area (TPSA) is 104 Å². The number of rotatable bonds is 7. The molecule has 2 atom stereocenters. The van der Waals surface area contributed by atoms with Gasteiger partial charge in [0.25, 0.3) is 0 Å². The van der Waals surface area contributed by atoms with E-state index in [9.17, 15) is 36.3 Å². The number of alkyl halides is 6. The number of hydrogen-bond donors (Lipinski definition) is 2. The molecule has 2 fully saturated rings. The Morgan fingerprint density at radius 1 is 1.10 bits per heavy atom. The van der Waals surface area contributed by atoms with Crippen LogP contribution in [0, 0.1) is 0 Å². The zero-order valence-corrected chi connectivity index (χ0v) is 22.5. The van der Waals surface area contributed by atoms with Gasteiger partial charge in [-0.05, 0) is 56.5 Å². The predicted octanol–water partition coefficient (Wildman–Crippen LogP) is 6.45. The normalized spacial score (nSPS) is 20.8. The highest BCUT2D eigenvalue weighted by Gasteiger charge is 2.43. The number of carbonyl (C=O) groups is 1. The molecule has 1 saturated heterocycles. The third-order valence-corrected chi connectivity index (χ3v) is 7.65. The summed E-state index contributed by atoms with van der Waals surface area (Å²) in [5.74, 6) is 0.334. The van der Waals surface area contributed by atoms with Crippen LogP contribution in [-0.2, 0) is 23.6 Å². The predicted molar refractivity (Wildman–Crippen MR) is 137 cm³/mol. The number of amides is 1. The molecule has 0 spiro atoms. The van der Waals surface area contributed by atoms with E-state index in [0.717, 1.165) is 32.1 Å². The number of aromatic nitrogens is 1. The summed E-state index contributed by atoms with van der Waals surface area (Å²) in [6.45, 7) is 3.93. The van der Waals surface area contributed by atoms with Crippen LogP contribution in [0.1, 0.15) is 79.9 Å². The number of oxime groups is 1. The van der Waals surface area contributed by atoms with E-state index in [4.69, 9.17) is 10.5 Å². The summed E-state index contributed by atoms with van der Waals surface area (Å²) in [7, 11) is 0. The quantitative estimate of drug-likeness (QED) is 0.127. The molecule has 2 aromatic rings. The molecule has 0 bridgehead atoms. The van der Waals surface area contributed by atoms with E-state index in [1.54, 1.807) is 6.07 Å². The Kier molecular flexibility index (Phi) is 8.59. The van der Waals surface area contributed by atoms with E-state index in [1.807, 2.05) is 6.92 Å². The van der Waals surface area contributed by atoms with Gasteiger partial charge in [-0.1, -0.05) is 24.4 Å². The van der Waals surface area contributed by atoms with Crippen LogP contribution >= 0.6 is 0 Å². The summed E-state index contributed by atoms with van der Waals surface area (Å²) >= 11 is 0. The van der Waals surface area contributed by atoms with Crippen LogP contribution < -0.4 is 10.6 Å². The van der Waals surface area contributed by atoms with Gasteiger partial charge >= 0.3 is 18.4 Å². The molecule has 1 aromatic heterocycles. The number of carbonyl (C=O) groups excluding carboxylic acids is 1. The second-order valence-electron chi connectivity index (χ2n) is 10.3. The summed E-state index contributed by atoms with van der Waals surface area (Å²) in [6, 6.07) is 2.03. The second kappa shape index (κ2) is 11.6. The molecule has 2 unspecified atom stereocenters. The van der Waals surface area contributed by atoms with Gasteiger partial charge in [0.2, 0.25) is 0 Å². The van der Waals surface area contributed by atoms with Crippen LogP contribution in [0.2, 0.25) is 0 Å². The third kappa shape index (κ3) is 6.46. The van der Waals surface area contributed by atoms with Crippen LogP contribution in [0.5, 0.6) is 0 Å². The maximum absolute atomic E-state index is 13.5. The van der Waals surface area contributed by atoms with E-state index >= 15 is 0 Å². The fraction of sp³-hybridized carbons (Fsp3) is 0.519. The zero-order valence-electron chi connectivity index (χ0n) is 22.5. The van der Waals surface area contributed by atoms with Gasteiger partial charge in [0.05, 0.1) is 23.7 Å². The maximum atomic E-state index is 13.5. The number of halogens is 6. The lowest BCUT2D eigenvalue weighted by Gasteiger charge is -2.36. The molecule has 2 heterocycles. The van der Waals surface area contributed by atoms with Gasteiger partial charge in [0.15, 0.2) is 5.84 Å². The molecule has 2 aliphatic rings. The highest BCUT2D eigenvalue weighted by molar-refractivity contribution is 5.97. The minimum Gasteiger partial charge on any atom is -0.439 e. The van der Waals surface area contributed by atoms with Gasteiger partial charge < -0.3 is 20.6 Å². The first-order valence-corrected chi connectivity index (χ1v) is 13.2. The largest absolute Gasteiger partial charge is 0.439 e. The third-order valence-electron chi connectivity index (χ3n) is 7.65. The maximum Gasteiger partial charge on any atom is 0.416 e. The summed E-state index contributed by atoms with van der Waals surface area (Å²) in [5.41, 5.74) is 3.16. The molecule has 8 nitrogen and oxygen atoms in total. The molecule has 3 N–H and O–H groups in total. The first-order chi connectivity index (χ1) is 19.2. The molecule has 41 heavy (non-hydrogen) atoms. The summed E-state index contributed by atoms with van der Waals surface area (Å²) < 4.78 is 86.1. The monoisotopic (exact) mass is 587 g/mol. The van der Waals surface area contributed by atoms with Crippen molar-refractivity contribution in [3.05, 3.63) is 58.3 Å². The SMILES string of the molecule is CCN(c1ncc(/C(N)=N/O)cc1CN1C(=O)OC(c2cc(C(F)(F)F)cc(C(F)(F)F)c2)C1C)C1CCCCC1. The molecule has 1 aliphatic heterocycles. The van der Waals surface area contributed by atoms with Crippen molar-refractivity contribution in [1.29, 1.82) is 0 Å². The van der Waals surface area contributed by atoms with Crippen molar-refractivity contribution in [2.45, 2.75) is 83.0 Å². The van der Waals surface area contributed by atoms with E-state index in [1.165, 1.54) is 18.0 Å². The van der Waals surface area contributed by atoms with Crippen molar-refractivity contribution in [3.8, 4) is 0 Å². The molecule has 224 valence electrons. The number of nitrogens with zero attached hydrogens (tertiary/aromatic N) is 4. The van der Waals surface area contributed by atoms with Crippen LogP contribution in [-0.4, -0.2) is 45.6 Å². The lowest BCUT2D eigenvalue weighted by molar-refractivity contribution is -0.143. The molecular weight excluding hydrogens is 556 g/mol. The number of benzene rings is 1. The van der Waals surface area contributed by atoms with Crippen molar-refractivity contribution in [3.63, 3.8) is 0 Å². The molecule has 1 amide bonds. The average molecular weight is 588 g/mol. The summed E-state index contributed by atoms with van der Waals surface area (Å²) in [6.07, 6.45) is -5.84. The van der Waals surface area contributed by atoms with Crippen LogP contribution in [0.15, 0.2) is 35.6 Å². The van der Waals surface area contributed by atoms with E-state index in [0.29, 0.717) is 30.1 Å². The number of nitrogens with two attached hydrogens (primary N) is 1. The smallest absolute Gasteiger partial charge is 0.416 e. The number of cyclic esters (lactones) is 1. The Balaban J connectivity index is 1.71. The Morgan fingerprint density at radius 2 is 1.71 bits per heavy atom. The number of ether oxygens (including phenoxy) is 1. The molecule has 4 rings (SSSR count). The van der Waals surface area contributed by atoms with Crippen LogP contribution in [0.25, 0.3) is 0 Å². The molecular formula is C27H31F6N5O3. The summed E-state index contributed by atoms with van der Waals surface area (Å²) in [5, 5.41) is 12.2. The van der Waals surface area contributed by atoms with Gasteiger partial charge in [0.1, 0.15) is 11.9 Å². The highest BCUT2D eigenvalue weighted by atomic mass is 19.4. The van der Waals surface area contributed by atoms with Gasteiger partial charge in [0, 0.05) is 29.9 Å². The van der Waals surface area contributed by atoms with E-state index in [2.05, 4.69) is 15.0 Å².